The number of fused-ring (bicyclic) bond motifs is 6. The number of rotatable bonds is 3. The first-order valence-electron chi connectivity index (χ1n) is 12.3. The maximum Gasteiger partial charge on any atom is 0.342 e. The number of phenolic OH excluding ortho intramolecular Hbond substituents is 4. The predicted molar refractivity (Wildman–Crippen MR) is 136 cm³/mol. The number of aromatic hydroxyl groups is 4. The van der Waals surface area contributed by atoms with Crippen LogP contribution in [0.2, 0.25) is 0 Å². The number of cyclic esters (lactones) is 1. The van der Waals surface area contributed by atoms with Crippen LogP contribution >= 0.6 is 0 Å². The summed E-state index contributed by atoms with van der Waals surface area (Å²) < 4.78 is 16.8. The van der Waals surface area contributed by atoms with Gasteiger partial charge in [-0.3, -0.25) is 4.79 Å². The van der Waals surface area contributed by atoms with Crippen LogP contribution in [0.15, 0.2) is 27.4 Å². The van der Waals surface area contributed by atoms with Crippen molar-refractivity contribution < 1.29 is 49.3 Å². The first-order valence-corrected chi connectivity index (χ1v) is 12.3. The molecule has 0 fully saturated rings. The molecule has 1 aliphatic heterocycles. The molecule has 2 aliphatic rings. The predicted octanol–water partition coefficient (Wildman–Crippen LogP) is 3.41. The molecule has 6 N–H and O–H groups in total. The number of esters is 1. The van der Waals surface area contributed by atoms with Crippen molar-refractivity contribution in [2.45, 2.75) is 44.5 Å². The van der Waals surface area contributed by atoms with Crippen molar-refractivity contribution in [1.29, 1.82) is 0 Å². The van der Waals surface area contributed by atoms with E-state index in [9.17, 15) is 40.2 Å². The second-order valence-corrected chi connectivity index (χ2v) is 9.75. The average molecular weight is 536 g/mol. The summed E-state index contributed by atoms with van der Waals surface area (Å²) in [7, 11) is 1.22. The zero-order valence-electron chi connectivity index (χ0n) is 20.8. The molecule has 202 valence electrons. The molecule has 0 spiro atoms. The number of aliphatic hydroxyl groups excluding tert-OH is 2. The minimum absolute atomic E-state index is 0.0265. The average Bonchev–Trinajstić information content (AvgIpc) is 2.89. The summed E-state index contributed by atoms with van der Waals surface area (Å²) in [6, 6.07) is 3.82. The van der Waals surface area contributed by atoms with Gasteiger partial charge in [0.05, 0.1) is 7.11 Å². The molecule has 3 atom stereocenters. The lowest BCUT2D eigenvalue weighted by Crippen LogP contribution is -2.29. The molecule has 3 aromatic carbocycles. The molecule has 0 unspecified atom stereocenters. The first-order chi connectivity index (χ1) is 18.6. The Kier molecular flexibility index (Phi) is 5.42. The summed E-state index contributed by atoms with van der Waals surface area (Å²) in [4.78, 5) is 26.5. The van der Waals surface area contributed by atoms with Crippen LogP contribution in [0.3, 0.4) is 0 Å². The van der Waals surface area contributed by atoms with Gasteiger partial charge < -0.3 is 44.5 Å². The summed E-state index contributed by atoms with van der Waals surface area (Å²) in [5, 5.41) is 64.6. The maximum atomic E-state index is 13.6. The molecule has 6 rings (SSSR count). The molecule has 11 heteroatoms. The Hall–Kier alpha value is -4.48. The number of carbonyl (C=O) groups is 1. The molecule has 0 saturated heterocycles. The van der Waals surface area contributed by atoms with E-state index in [0.29, 0.717) is 12.0 Å². The van der Waals surface area contributed by atoms with Crippen LogP contribution in [0.5, 0.6) is 28.7 Å². The molecule has 0 amide bonds. The van der Waals surface area contributed by atoms with E-state index >= 15 is 0 Å². The number of aliphatic hydroxyl groups is 2. The molecule has 2 heterocycles. The van der Waals surface area contributed by atoms with Gasteiger partial charge in [0.25, 0.3) is 0 Å². The first kappa shape index (κ1) is 24.8. The monoisotopic (exact) mass is 536 g/mol. The van der Waals surface area contributed by atoms with Gasteiger partial charge in [-0.2, -0.15) is 0 Å². The van der Waals surface area contributed by atoms with Crippen LogP contribution in [0.4, 0.5) is 0 Å². The Morgan fingerprint density at radius 3 is 2.38 bits per heavy atom. The second kappa shape index (κ2) is 8.52. The van der Waals surface area contributed by atoms with Gasteiger partial charge >= 0.3 is 5.97 Å². The quantitative estimate of drug-likeness (QED) is 0.128. The zero-order valence-corrected chi connectivity index (χ0v) is 20.8. The van der Waals surface area contributed by atoms with E-state index in [2.05, 4.69) is 0 Å². The molecule has 39 heavy (non-hydrogen) atoms. The maximum absolute atomic E-state index is 13.6. The number of carbonyl (C=O) groups excluding carboxylic acids is 1. The van der Waals surface area contributed by atoms with E-state index in [1.807, 2.05) is 6.92 Å². The highest BCUT2D eigenvalue weighted by molar-refractivity contribution is 6.07. The molecule has 0 saturated carbocycles. The van der Waals surface area contributed by atoms with E-state index in [-0.39, 0.29) is 51.2 Å². The van der Waals surface area contributed by atoms with Crippen LogP contribution in [-0.2, 0) is 11.2 Å². The lowest BCUT2D eigenvalue weighted by molar-refractivity contribution is 0.0134. The minimum Gasteiger partial charge on any atom is -0.506 e. The zero-order chi connectivity index (χ0) is 27.9. The van der Waals surface area contributed by atoms with Gasteiger partial charge in [-0.25, -0.2) is 4.79 Å². The number of hydrogen-bond donors (Lipinski definition) is 6. The lowest BCUT2D eigenvalue weighted by Gasteiger charge is -2.34. The van der Waals surface area contributed by atoms with Crippen LogP contribution in [0.25, 0.3) is 33.1 Å². The SMILES string of the molecule is CCC[C@@H]1Cc2cc3c(c(O)c2C(=O)O1)-c1c(c(OC)c2oc4ccc(O)c(O)c4c(=O)c2c1O)[C@H](O)[C@H]3O. The third kappa shape index (κ3) is 3.23. The lowest BCUT2D eigenvalue weighted by atomic mass is 9.77. The minimum atomic E-state index is -1.69. The summed E-state index contributed by atoms with van der Waals surface area (Å²) >= 11 is 0. The molecular weight excluding hydrogens is 512 g/mol. The molecular formula is C28H24O11. The fourth-order valence-corrected chi connectivity index (χ4v) is 5.80. The van der Waals surface area contributed by atoms with Crippen LogP contribution in [0.1, 0.15) is 59.0 Å². The molecule has 1 aliphatic carbocycles. The van der Waals surface area contributed by atoms with Crippen molar-refractivity contribution in [3.63, 3.8) is 0 Å². The molecule has 1 aromatic heterocycles. The van der Waals surface area contributed by atoms with Crippen LogP contribution in [0, 0.1) is 0 Å². The highest BCUT2D eigenvalue weighted by Gasteiger charge is 2.43. The van der Waals surface area contributed by atoms with E-state index in [1.54, 1.807) is 0 Å². The molecule has 11 nitrogen and oxygen atoms in total. The number of hydrogen-bond acceptors (Lipinski definition) is 11. The summed E-state index contributed by atoms with van der Waals surface area (Å²) in [5.41, 5.74) is -1.73. The largest absolute Gasteiger partial charge is 0.506 e. The Labute approximate surface area is 219 Å². The smallest absolute Gasteiger partial charge is 0.342 e. The number of phenols is 4. The van der Waals surface area contributed by atoms with Crippen molar-refractivity contribution in [2.24, 2.45) is 0 Å². The number of benzene rings is 3. The highest BCUT2D eigenvalue weighted by Crippen LogP contribution is 2.58. The van der Waals surface area contributed by atoms with Gasteiger partial charge in [0, 0.05) is 23.1 Å². The topological polar surface area (TPSA) is 187 Å². The summed E-state index contributed by atoms with van der Waals surface area (Å²) in [6.45, 7) is 1.94. The van der Waals surface area contributed by atoms with E-state index in [0.717, 1.165) is 12.5 Å². The van der Waals surface area contributed by atoms with Crippen molar-refractivity contribution in [3.05, 3.63) is 50.7 Å². The third-order valence-corrected chi connectivity index (χ3v) is 7.52. The van der Waals surface area contributed by atoms with Crippen molar-refractivity contribution in [1.82, 2.24) is 0 Å². The van der Waals surface area contributed by atoms with Crippen molar-refractivity contribution in [3.8, 4) is 39.9 Å². The van der Waals surface area contributed by atoms with E-state index in [4.69, 9.17) is 13.9 Å². The van der Waals surface area contributed by atoms with Crippen molar-refractivity contribution >= 4 is 27.9 Å². The molecule has 4 aromatic rings. The number of methoxy groups -OCH3 is 1. The van der Waals surface area contributed by atoms with Crippen LogP contribution in [-0.4, -0.2) is 49.8 Å². The summed E-state index contributed by atoms with van der Waals surface area (Å²) in [5.74, 6) is -3.71. The fraction of sp³-hybridized carbons (Fsp3) is 0.286. The fourth-order valence-electron chi connectivity index (χ4n) is 5.80. The Balaban J connectivity index is 1.76. The Morgan fingerprint density at radius 1 is 0.949 bits per heavy atom. The van der Waals surface area contributed by atoms with Gasteiger partial charge in [0.2, 0.25) is 5.43 Å². The Bertz CT molecular complexity index is 1790. The van der Waals surface area contributed by atoms with Crippen molar-refractivity contribution in [2.75, 3.05) is 7.11 Å². The highest BCUT2D eigenvalue weighted by atomic mass is 16.5. The summed E-state index contributed by atoms with van der Waals surface area (Å²) in [6.07, 6.45) is -2.10. The molecule has 0 radical (unpaired) electrons. The second-order valence-electron chi connectivity index (χ2n) is 9.75. The number of ether oxygens (including phenoxy) is 2. The normalized spacial score (nSPS) is 19.9. The third-order valence-electron chi connectivity index (χ3n) is 7.52. The van der Waals surface area contributed by atoms with Gasteiger partial charge in [-0.15, -0.1) is 0 Å². The van der Waals surface area contributed by atoms with Gasteiger partial charge in [0.1, 0.15) is 51.7 Å². The van der Waals surface area contributed by atoms with Gasteiger partial charge in [-0.05, 0) is 29.7 Å². The molecule has 0 bridgehead atoms. The van der Waals surface area contributed by atoms with E-state index in [1.165, 1.54) is 19.2 Å². The Morgan fingerprint density at radius 2 is 1.69 bits per heavy atom. The standard InChI is InChI=1S/C28H24O11/c1-3-4-10-7-9-8-11-15(22(32)14(9)28(36)38-10)17-18(25(35)20(11)30)26(37-2)27-19(24(17)34)23(33)16-13(39-27)6-5-12(29)21(16)31/h5-6,8,10,20,25,29-32,34-35H,3-4,7H2,1-2H3/t10-,20+,25+/m1/s1. The van der Waals surface area contributed by atoms with Gasteiger partial charge in [-0.1, -0.05) is 19.4 Å². The van der Waals surface area contributed by atoms with E-state index < -0.39 is 63.5 Å². The van der Waals surface area contributed by atoms with Crippen LogP contribution < -0.4 is 10.2 Å². The van der Waals surface area contributed by atoms with Gasteiger partial charge in [0.15, 0.2) is 22.8 Å².